The largest absolute Gasteiger partial charge is 0.466 e. The molecule has 1 aromatic rings. The van der Waals surface area contributed by atoms with E-state index in [1.807, 2.05) is 13.8 Å². The van der Waals surface area contributed by atoms with Crippen LogP contribution >= 0.6 is 23.4 Å². The Morgan fingerprint density at radius 3 is 2.83 bits per heavy atom. The summed E-state index contributed by atoms with van der Waals surface area (Å²) in [4.78, 5) is 19.2. The highest BCUT2D eigenvalue weighted by molar-refractivity contribution is 7.99. The second-order valence-electron chi connectivity index (χ2n) is 3.57. The van der Waals surface area contributed by atoms with Crippen molar-refractivity contribution in [3.05, 3.63) is 22.9 Å². The number of hydrogen-bond acceptors (Lipinski definition) is 6. The average Bonchev–Trinajstić information content (AvgIpc) is 2.27. The van der Waals surface area contributed by atoms with Gasteiger partial charge in [-0.25, -0.2) is 14.8 Å². The van der Waals surface area contributed by atoms with Gasteiger partial charge < -0.3 is 10.5 Å². The Labute approximate surface area is 115 Å². The SMILES string of the molecule is COC(=O)/C=C(\C)C(C)Sc1nc(N)cc(Cl)n1. The van der Waals surface area contributed by atoms with Crippen LogP contribution < -0.4 is 5.73 Å². The van der Waals surface area contributed by atoms with E-state index < -0.39 is 0 Å². The first-order chi connectivity index (χ1) is 8.42. The molecule has 0 aliphatic carbocycles. The molecule has 1 unspecified atom stereocenters. The number of hydrogen-bond donors (Lipinski definition) is 1. The molecule has 1 aromatic heterocycles. The van der Waals surface area contributed by atoms with Gasteiger partial charge in [-0.2, -0.15) is 0 Å². The van der Waals surface area contributed by atoms with Crippen LogP contribution in [0.25, 0.3) is 0 Å². The fourth-order valence-corrected chi connectivity index (χ4v) is 2.20. The van der Waals surface area contributed by atoms with Crippen molar-refractivity contribution in [1.29, 1.82) is 0 Å². The number of thioether (sulfide) groups is 1. The average molecular weight is 288 g/mol. The van der Waals surface area contributed by atoms with Gasteiger partial charge in [-0.05, 0) is 13.8 Å². The van der Waals surface area contributed by atoms with Crippen LogP contribution in [0.1, 0.15) is 13.8 Å². The number of carbonyl (C=O) groups is 1. The predicted molar refractivity (Wildman–Crippen MR) is 72.5 cm³/mol. The summed E-state index contributed by atoms with van der Waals surface area (Å²) < 4.78 is 4.56. The highest BCUT2D eigenvalue weighted by Gasteiger charge is 2.11. The zero-order valence-electron chi connectivity index (χ0n) is 10.3. The maximum Gasteiger partial charge on any atom is 0.330 e. The zero-order chi connectivity index (χ0) is 13.7. The van der Waals surface area contributed by atoms with Gasteiger partial charge in [0, 0.05) is 17.4 Å². The maximum atomic E-state index is 11.1. The van der Waals surface area contributed by atoms with Crippen molar-refractivity contribution < 1.29 is 9.53 Å². The van der Waals surface area contributed by atoms with E-state index >= 15 is 0 Å². The normalized spacial score (nSPS) is 13.2. The molecule has 1 atom stereocenters. The molecule has 0 saturated heterocycles. The summed E-state index contributed by atoms with van der Waals surface area (Å²) in [5.41, 5.74) is 6.43. The minimum atomic E-state index is -0.383. The second kappa shape index (κ2) is 6.61. The van der Waals surface area contributed by atoms with E-state index in [1.54, 1.807) is 0 Å². The van der Waals surface area contributed by atoms with Gasteiger partial charge in [0.1, 0.15) is 11.0 Å². The van der Waals surface area contributed by atoms with E-state index in [2.05, 4.69) is 14.7 Å². The van der Waals surface area contributed by atoms with Crippen LogP contribution in [0.2, 0.25) is 5.15 Å². The first-order valence-electron chi connectivity index (χ1n) is 5.15. The van der Waals surface area contributed by atoms with Crippen LogP contribution in [-0.2, 0) is 9.53 Å². The molecular formula is C11H14ClN3O2S. The smallest absolute Gasteiger partial charge is 0.330 e. The van der Waals surface area contributed by atoms with Gasteiger partial charge in [0.15, 0.2) is 5.16 Å². The molecule has 0 radical (unpaired) electrons. The van der Waals surface area contributed by atoms with Gasteiger partial charge in [0.2, 0.25) is 0 Å². The second-order valence-corrected chi connectivity index (χ2v) is 5.26. The fourth-order valence-electron chi connectivity index (χ4n) is 1.08. The van der Waals surface area contributed by atoms with Gasteiger partial charge in [0.05, 0.1) is 7.11 Å². The van der Waals surface area contributed by atoms with Crippen molar-refractivity contribution in [2.45, 2.75) is 24.3 Å². The maximum absolute atomic E-state index is 11.1. The molecule has 0 fully saturated rings. The number of rotatable bonds is 4. The molecule has 0 saturated carbocycles. The van der Waals surface area contributed by atoms with E-state index in [1.165, 1.54) is 31.0 Å². The number of anilines is 1. The number of carbonyl (C=O) groups excluding carboxylic acids is 1. The molecular weight excluding hydrogens is 274 g/mol. The Morgan fingerprint density at radius 2 is 2.28 bits per heavy atom. The number of aromatic nitrogens is 2. The molecule has 5 nitrogen and oxygen atoms in total. The molecule has 0 spiro atoms. The van der Waals surface area contributed by atoms with Crippen molar-refractivity contribution in [3.8, 4) is 0 Å². The Bertz CT molecular complexity index is 459. The van der Waals surface area contributed by atoms with Crippen LogP contribution in [0.5, 0.6) is 0 Å². The molecule has 1 heterocycles. The van der Waals surface area contributed by atoms with E-state index in [0.29, 0.717) is 16.1 Å². The van der Waals surface area contributed by atoms with Crippen molar-refractivity contribution in [2.75, 3.05) is 12.8 Å². The first-order valence-corrected chi connectivity index (χ1v) is 6.41. The quantitative estimate of drug-likeness (QED) is 0.301. The zero-order valence-corrected chi connectivity index (χ0v) is 11.9. The van der Waals surface area contributed by atoms with Crippen molar-refractivity contribution in [2.24, 2.45) is 0 Å². The van der Waals surface area contributed by atoms with Gasteiger partial charge >= 0.3 is 5.97 Å². The van der Waals surface area contributed by atoms with E-state index in [9.17, 15) is 4.79 Å². The number of ether oxygens (including phenoxy) is 1. The lowest BCUT2D eigenvalue weighted by molar-refractivity contribution is -0.134. The van der Waals surface area contributed by atoms with Gasteiger partial charge in [-0.1, -0.05) is 28.9 Å². The van der Waals surface area contributed by atoms with Crippen LogP contribution in [0.3, 0.4) is 0 Å². The minimum absolute atomic E-state index is 0.0157. The summed E-state index contributed by atoms with van der Waals surface area (Å²) in [5, 5.41) is 0.791. The summed E-state index contributed by atoms with van der Waals surface area (Å²) in [5.74, 6) is -0.0641. The van der Waals surface area contributed by atoms with Crippen LogP contribution in [0.15, 0.2) is 22.9 Å². The standard InChI is InChI=1S/C11H14ClN3O2S/c1-6(4-10(16)17-3)7(2)18-11-14-8(12)5-9(13)15-11/h4-5,7H,1-3H3,(H2,13,14,15)/b6-4+. The van der Waals surface area contributed by atoms with Crippen molar-refractivity contribution >= 4 is 35.1 Å². The van der Waals surface area contributed by atoms with Gasteiger partial charge in [-0.3, -0.25) is 0 Å². The fraction of sp³-hybridized carbons (Fsp3) is 0.364. The van der Waals surface area contributed by atoms with Crippen LogP contribution in [-0.4, -0.2) is 28.3 Å². The summed E-state index contributed by atoms with van der Waals surface area (Å²) in [7, 11) is 1.34. The number of nitrogens with two attached hydrogens (primary N) is 1. The van der Waals surface area contributed by atoms with Crippen LogP contribution in [0, 0.1) is 0 Å². The first kappa shape index (κ1) is 14.8. The summed E-state index contributed by atoms with van der Waals surface area (Å²) in [6.07, 6.45) is 1.44. The van der Waals surface area contributed by atoms with Crippen molar-refractivity contribution in [3.63, 3.8) is 0 Å². The monoisotopic (exact) mass is 287 g/mol. The molecule has 0 aliphatic rings. The van der Waals surface area contributed by atoms with E-state index in [0.717, 1.165) is 5.57 Å². The minimum Gasteiger partial charge on any atom is -0.466 e. The van der Waals surface area contributed by atoms with E-state index in [4.69, 9.17) is 17.3 Å². The molecule has 0 aromatic carbocycles. The Morgan fingerprint density at radius 1 is 1.61 bits per heavy atom. The molecule has 98 valence electrons. The number of nitrogens with zero attached hydrogens (tertiary/aromatic N) is 2. The summed E-state index contributed by atoms with van der Waals surface area (Å²) >= 11 is 7.16. The third kappa shape index (κ3) is 4.54. The summed E-state index contributed by atoms with van der Waals surface area (Å²) in [6, 6.07) is 1.48. The molecule has 18 heavy (non-hydrogen) atoms. The highest BCUT2D eigenvalue weighted by Crippen LogP contribution is 2.26. The third-order valence-corrected chi connectivity index (χ3v) is 3.48. The number of halogens is 1. The molecule has 0 bridgehead atoms. The number of nitrogen functional groups attached to an aromatic ring is 1. The highest BCUT2D eigenvalue weighted by atomic mass is 35.5. The number of methoxy groups -OCH3 is 1. The Balaban J connectivity index is 2.78. The summed E-state index contributed by atoms with van der Waals surface area (Å²) in [6.45, 7) is 3.77. The Hall–Kier alpha value is -1.27. The molecule has 7 heteroatoms. The molecule has 0 amide bonds. The number of esters is 1. The van der Waals surface area contributed by atoms with Crippen molar-refractivity contribution in [1.82, 2.24) is 9.97 Å². The van der Waals surface area contributed by atoms with Gasteiger partial charge in [0.25, 0.3) is 0 Å². The molecule has 2 N–H and O–H groups in total. The van der Waals surface area contributed by atoms with Gasteiger partial charge in [-0.15, -0.1) is 0 Å². The topological polar surface area (TPSA) is 78.1 Å². The van der Waals surface area contributed by atoms with Crippen LogP contribution in [0.4, 0.5) is 5.82 Å². The lowest BCUT2D eigenvalue weighted by Crippen LogP contribution is -2.05. The predicted octanol–water partition coefficient (Wildman–Crippen LogP) is 2.31. The lowest BCUT2D eigenvalue weighted by Gasteiger charge is -2.10. The molecule has 1 rings (SSSR count). The molecule has 0 aliphatic heterocycles. The Kier molecular flexibility index (Phi) is 5.43. The third-order valence-electron chi connectivity index (χ3n) is 2.16. The lowest BCUT2D eigenvalue weighted by atomic mass is 10.2. The van der Waals surface area contributed by atoms with E-state index in [-0.39, 0.29) is 11.2 Å².